The number of nitrogens with one attached hydrogen (secondary N) is 1. The van der Waals surface area contributed by atoms with E-state index in [2.05, 4.69) is 28.2 Å². The fraction of sp³-hybridized carbons (Fsp3) is 0.250. The van der Waals surface area contributed by atoms with E-state index in [1.165, 1.54) is 0 Å². The Bertz CT molecular complexity index is 634. The largest absolute Gasteiger partial charge is 0.306 e. The molecule has 0 aliphatic rings. The first-order valence-electron chi connectivity index (χ1n) is 6.67. The first-order chi connectivity index (χ1) is 10.1. The van der Waals surface area contributed by atoms with Crippen LogP contribution in [0.25, 0.3) is 0 Å². The molecule has 0 aromatic heterocycles. The summed E-state index contributed by atoms with van der Waals surface area (Å²) in [6.45, 7) is 2.81. The van der Waals surface area contributed by atoms with Crippen LogP contribution in [0.5, 0.6) is 0 Å². The molecular formula is C16H15BrCl2FN. The van der Waals surface area contributed by atoms with Crippen molar-refractivity contribution < 1.29 is 4.39 Å². The van der Waals surface area contributed by atoms with Crippen LogP contribution in [0.4, 0.5) is 4.39 Å². The van der Waals surface area contributed by atoms with Crippen LogP contribution in [0, 0.1) is 5.82 Å². The molecule has 0 fully saturated rings. The van der Waals surface area contributed by atoms with E-state index in [0.717, 1.165) is 18.5 Å². The summed E-state index contributed by atoms with van der Waals surface area (Å²) < 4.78 is 15.1. The van der Waals surface area contributed by atoms with Gasteiger partial charge in [-0.1, -0.05) is 54.4 Å². The molecule has 0 bridgehead atoms. The molecule has 2 aromatic rings. The Morgan fingerprint density at radius 2 is 1.86 bits per heavy atom. The molecule has 1 N–H and O–H groups in total. The molecule has 1 atom stereocenters. The predicted molar refractivity (Wildman–Crippen MR) is 90.7 cm³/mol. The maximum atomic E-state index is 14.5. The van der Waals surface area contributed by atoms with Crippen LogP contribution in [0.15, 0.2) is 40.9 Å². The molecule has 2 rings (SSSR count). The molecular weight excluding hydrogens is 376 g/mol. The summed E-state index contributed by atoms with van der Waals surface area (Å²) >= 11 is 15.5. The summed E-state index contributed by atoms with van der Waals surface area (Å²) in [5.41, 5.74) is 1.33. The van der Waals surface area contributed by atoms with E-state index in [-0.39, 0.29) is 11.1 Å². The van der Waals surface area contributed by atoms with E-state index in [4.69, 9.17) is 23.2 Å². The number of hydrogen-bond acceptors (Lipinski definition) is 1. The number of halogens is 4. The third-order valence-electron chi connectivity index (χ3n) is 3.19. The molecule has 21 heavy (non-hydrogen) atoms. The van der Waals surface area contributed by atoms with Gasteiger partial charge in [0.25, 0.3) is 0 Å². The normalized spacial score (nSPS) is 12.4. The molecule has 0 radical (unpaired) electrons. The summed E-state index contributed by atoms with van der Waals surface area (Å²) in [7, 11) is 0. The van der Waals surface area contributed by atoms with E-state index in [9.17, 15) is 4.39 Å². The molecule has 0 spiro atoms. The van der Waals surface area contributed by atoms with Gasteiger partial charge in [-0.05, 0) is 46.6 Å². The molecule has 5 heteroatoms. The predicted octanol–water partition coefficient (Wildman–Crippen LogP) is 5.98. The maximum Gasteiger partial charge on any atom is 0.148 e. The van der Waals surface area contributed by atoms with Gasteiger partial charge in [0.1, 0.15) is 5.82 Å². The second kappa shape index (κ2) is 7.59. The zero-order chi connectivity index (χ0) is 15.4. The highest BCUT2D eigenvalue weighted by Gasteiger charge is 2.22. The maximum absolute atomic E-state index is 14.5. The molecule has 1 unspecified atom stereocenters. The van der Waals surface area contributed by atoms with Gasteiger partial charge in [0.05, 0.1) is 11.1 Å². The average molecular weight is 391 g/mol. The zero-order valence-corrected chi connectivity index (χ0v) is 14.6. The van der Waals surface area contributed by atoms with Crippen molar-refractivity contribution in [3.63, 3.8) is 0 Å². The second-order valence-corrected chi connectivity index (χ2v) is 6.31. The Balaban J connectivity index is 2.51. The van der Waals surface area contributed by atoms with Gasteiger partial charge in [0.2, 0.25) is 0 Å². The van der Waals surface area contributed by atoms with Crippen LogP contribution in [0.2, 0.25) is 10.0 Å². The van der Waals surface area contributed by atoms with E-state index < -0.39 is 5.82 Å². The van der Waals surface area contributed by atoms with Crippen molar-refractivity contribution in [3.8, 4) is 0 Å². The lowest BCUT2D eigenvalue weighted by Crippen LogP contribution is -2.24. The first-order valence-corrected chi connectivity index (χ1v) is 8.22. The van der Waals surface area contributed by atoms with Crippen LogP contribution in [-0.2, 0) is 0 Å². The van der Waals surface area contributed by atoms with Gasteiger partial charge < -0.3 is 5.32 Å². The lowest BCUT2D eigenvalue weighted by molar-refractivity contribution is 0.546. The van der Waals surface area contributed by atoms with Gasteiger partial charge in [-0.3, -0.25) is 0 Å². The lowest BCUT2D eigenvalue weighted by atomic mass is 9.98. The fourth-order valence-electron chi connectivity index (χ4n) is 2.15. The highest BCUT2D eigenvalue weighted by Crippen LogP contribution is 2.35. The monoisotopic (exact) mass is 389 g/mol. The first kappa shape index (κ1) is 16.8. The number of rotatable bonds is 5. The Labute approximate surface area is 142 Å². The minimum atomic E-state index is -0.431. The Kier molecular flexibility index (Phi) is 6.06. The molecule has 0 aliphatic carbocycles. The van der Waals surface area contributed by atoms with Crippen molar-refractivity contribution >= 4 is 39.1 Å². The van der Waals surface area contributed by atoms with Crippen molar-refractivity contribution in [2.45, 2.75) is 19.4 Å². The molecule has 0 saturated carbocycles. The van der Waals surface area contributed by atoms with E-state index in [1.54, 1.807) is 18.2 Å². The molecule has 112 valence electrons. The van der Waals surface area contributed by atoms with Crippen LogP contribution >= 0.6 is 39.1 Å². The summed E-state index contributed by atoms with van der Waals surface area (Å²) in [5, 5.41) is 4.02. The van der Waals surface area contributed by atoms with Crippen molar-refractivity contribution in [2.24, 2.45) is 0 Å². The SMILES string of the molecule is CCCNC(c1ccccc1Cl)c1ccc(Br)c(Cl)c1F. The third kappa shape index (κ3) is 3.78. The molecule has 0 heterocycles. The van der Waals surface area contributed by atoms with E-state index >= 15 is 0 Å². The standard InChI is InChI=1S/C16H15BrCl2FN/c1-2-9-21-16(10-5-3-4-6-13(10)18)11-7-8-12(17)14(19)15(11)20/h3-8,16,21H,2,9H2,1H3. The highest BCUT2D eigenvalue weighted by molar-refractivity contribution is 9.10. The highest BCUT2D eigenvalue weighted by atomic mass is 79.9. The van der Waals surface area contributed by atoms with Gasteiger partial charge in [-0.2, -0.15) is 0 Å². The summed E-state index contributed by atoms with van der Waals surface area (Å²) in [6, 6.07) is 10.6. The average Bonchev–Trinajstić information content (AvgIpc) is 2.48. The van der Waals surface area contributed by atoms with Gasteiger partial charge in [-0.25, -0.2) is 4.39 Å². The van der Waals surface area contributed by atoms with Crippen molar-refractivity contribution in [1.82, 2.24) is 5.32 Å². The Hall–Kier alpha value is -0.610. The molecule has 0 amide bonds. The van der Waals surface area contributed by atoms with Crippen LogP contribution in [-0.4, -0.2) is 6.54 Å². The summed E-state index contributed by atoms with van der Waals surface area (Å²) in [5.74, 6) is -0.431. The van der Waals surface area contributed by atoms with Crippen molar-refractivity contribution in [2.75, 3.05) is 6.54 Å². The Morgan fingerprint density at radius 3 is 2.52 bits per heavy atom. The van der Waals surface area contributed by atoms with E-state index in [1.807, 2.05) is 18.2 Å². The molecule has 0 saturated heterocycles. The van der Waals surface area contributed by atoms with Crippen molar-refractivity contribution in [1.29, 1.82) is 0 Å². The number of benzene rings is 2. The smallest absolute Gasteiger partial charge is 0.148 e. The fourth-order valence-corrected chi connectivity index (χ4v) is 2.87. The van der Waals surface area contributed by atoms with Crippen molar-refractivity contribution in [3.05, 3.63) is 67.9 Å². The second-order valence-electron chi connectivity index (χ2n) is 4.67. The molecule has 1 nitrogen and oxygen atoms in total. The molecule has 0 aliphatic heterocycles. The minimum Gasteiger partial charge on any atom is -0.306 e. The van der Waals surface area contributed by atoms with E-state index in [0.29, 0.717) is 15.1 Å². The topological polar surface area (TPSA) is 12.0 Å². The van der Waals surface area contributed by atoms with Gasteiger partial charge in [0, 0.05) is 15.1 Å². The third-order valence-corrected chi connectivity index (χ3v) is 4.79. The quantitative estimate of drug-likeness (QED) is 0.618. The number of hydrogen-bond donors (Lipinski definition) is 1. The zero-order valence-electron chi connectivity index (χ0n) is 11.5. The van der Waals surface area contributed by atoms with Gasteiger partial charge >= 0.3 is 0 Å². The van der Waals surface area contributed by atoms with Crippen LogP contribution in [0.3, 0.4) is 0 Å². The summed E-state index contributed by atoms with van der Waals surface area (Å²) in [4.78, 5) is 0. The Morgan fingerprint density at radius 1 is 1.14 bits per heavy atom. The van der Waals surface area contributed by atoms with Gasteiger partial charge in [0.15, 0.2) is 0 Å². The molecule has 2 aromatic carbocycles. The van der Waals surface area contributed by atoms with Crippen LogP contribution in [0.1, 0.15) is 30.5 Å². The minimum absolute atomic E-state index is 0.0860. The van der Waals surface area contributed by atoms with Gasteiger partial charge in [-0.15, -0.1) is 0 Å². The lowest BCUT2D eigenvalue weighted by Gasteiger charge is -2.22. The van der Waals surface area contributed by atoms with Crippen LogP contribution < -0.4 is 5.32 Å². The summed E-state index contributed by atoms with van der Waals surface area (Å²) in [6.07, 6.45) is 0.937.